The van der Waals surface area contributed by atoms with Gasteiger partial charge in [-0.25, -0.2) is 0 Å². The van der Waals surface area contributed by atoms with Crippen LogP contribution in [0.1, 0.15) is 6.42 Å². The molecule has 0 unspecified atom stereocenters. The van der Waals surface area contributed by atoms with Gasteiger partial charge in [0.2, 0.25) is 0 Å². The third kappa shape index (κ3) is 0.506. The summed E-state index contributed by atoms with van der Waals surface area (Å²) >= 11 is 0. The molecule has 0 N–H and O–H groups in total. The lowest BCUT2D eigenvalue weighted by atomic mass is 10.5. The summed E-state index contributed by atoms with van der Waals surface area (Å²) in [5.41, 5.74) is 0. The molecule has 2 heteroatoms. The second-order valence-corrected chi connectivity index (χ2v) is 1.39. The molecule has 1 rings (SSSR count). The Morgan fingerprint density at radius 2 is 2.67 bits per heavy atom. The van der Waals surface area contributed by atoms with Crippen molar-refractivity contribution in [1.29, 1.82) is 0 Å². The van der Waals surface area contributed by atoms with E-state index in [4.69, 9.17) is 0 Å². The van der Waals surface area contributed by atoms with Crippen molar-refractivity contribution >= 4 is 6.21 Å². The van der Waals surface area contributed by atoms with Crippen LogP contribution in [0.2, 0.25) is 0 Å². The van der Waals surface area contributed by atoms with Gasteiger partial charge in [-0.05, 0) is 0 Å². The van der Waals surface area contributed by atoms with Crippen molar-refractivity contribution in [2.24, 2.45) is 5.10 Å². The third-order valence-corrected chi connectivity index (χ3v) is 0.789. The SMILES string of the molecule is CN1CC[C]=N1. The number of nitrogens with zero attached hydrogens (tertiary/aromatic N) is 2. The second kappa shape index (κ2) is 1.29. The molecule has 0 amide bonds. The lowest BCUT2D eigenvalue weighted by Gasteiger charge is -2.00. The van der Waals surface area contributed by atoms with Crippen LogP contribution in [0.4, 0.5) is 0 Å². The minimum Gasteiger partial charge on any atom is -0.299 e. The third-order valence-electron chi connectivity index (χ3n) is 0.789. The summed E-state index contributed by atoms with van der Waals surface area (Å²) in [5.74, 6) is 0. The molecule has 0 saturated carbocycles. The highest BCUT2D eigenvalue weighted by molar-refractivity contribution is 5.58. The van der Waals surface area contributed by atoms with Crippen LogP contribution in [0.15, 0.2) is 5.10 Å². The molecule has 0 aromatic rings. The van der Waals surface area contributed by atoms with Gasteiger partial charge in [-0.1, -0.05) is 0 Å². The Labute approximate surface area is 37.5 Å². The lowest BCUT2D eigenvalue weighted by molar-refractivity contribution is 0.393. The molecule has 1 radical (unpaired) electrons. The molecule has 1 aliphatic rings. The van der Waals surface area contributed by atoms with Crippen LogP contribution in [-0.4, -0.2) is 24.8 Å². The highest BCUT2D eigenvalue weighted by Gasteiger charge is 1.95. The molecule has 33 valence electrons. The molecular weight excluding hydrogens is 76.1 g/mol. The maximum atomic E-state index is 3.82. The molecule has 1 aliphatic heterocycles. The molecule has 0 atom stereocenters. The minimum absolute atomic E-state index is 0.997. The Bertz CT molecular complexity index is 67.9. The molecule has 0 aromatic carbocycles. The van der Waals surface area contributed by atoms with E-state index in [2.05, 4.69) is 11.3 Å². The first-order chi connectivity index (χ1) is 2.89. The average Bonchev–Trinajstić information content (AvgIpc) is 1.86. The summed E-state index contributed by atoms with van der Waals surface area (Å²) in [6.07, 6.45) is 3.82. The first kappa shape index (κ1) is 3.65. The second-order valence-electron chi connectivity index (χ2n) is 1.39. The van der Waals surface area contributed by atoms with E-state index >= 15 is 0 Å². The van der Waals surface area contributed by atoms with Crippen molar-refractivity contribution in [1.82, 2.24) is 5.01 Å². The predicted molar refractivity (Wildman–Crippen MR) is 24.7 cm³/mol. The number of hydrazone groups is 1. The first-order valence-electron chi connectivity index (χ1n) is 2.04. The summed E-state index contributed by atoms with van der Waals surface area (Å²) in [5, 5.41) is 5.69. The van der Waals surface area contributed by atoms with Crippen molar-refractivity contribution in [3.05, 3.63) is 0 Å². The van der Waals surface area contributed by atoms with E-state index in [1.807, 2.05) is 12.1 Å². The molecule has 0 saturated heterocycles. The van der Waals surface area contributed by atoms with Gasteiger partial charge in [0.05, 0.1) is 6.21 Å². The predicted octanol–water partition coefficient (Wildman–Crippen LogP) is 0.185. The summed E-state index contributed by atoms with van der Waals surface area (Å²) < 4.78 is 0. The standard InChI is InChI=1S/C4H7N2/c1-6-4-2-3-5-6/h2,4H2,1H3. The Kier molecular flexibility index (Phi) is 0.783. The van der Waals surface area contributed by atoms with Crippen molar-refractivity contribution < 1.29 is 0 Å². The fraction of sp³-hybridized carbons (Fsp3) is 0.750. The number of hydrogen-bond donors (Lipinski definition) is 0. The maximum Gasteiger partial charge on any atom is 0.0856 e. The van der Waals surface area contributed by atoms with Crippen molar-refractivity contribution in [3.63, 3.8) is 0 Å². The van der Waals surface area contributed by atoms with Crippen LogP contribution >= 0.6 is 0 Å². The van der Waals surface area contributed by atoms with Gasteiger partial charge in [-0.15, -0.1) is 0 Å². The quantitative estimate of drug-likeness (QED) is 0.408. The van der Waals surface area contributed by atoms with Crippen molar-refractivity contribution in [2.45, 2.75) is 6.42 Å². The first-order valence-corrected chi connectivity index (χ1v) is 2.04. The largest absolute Gasteiger partial charge is 0.299 e. The van der Waals surface area contributed by atoms with Gasteiger partial charge in [-0.2, -0.15) is 5.10 Å². The van der Waals surface area contributed by atoms with E-state index < -0.39 is 0 Å². The molecule has 0 aliphatic carbocycles. The van der Waals surface area contributed by atoms with Crippen LogP contribution in [-0.2, 0) is 0 Å². The highest BCUT2D eigenvalue weighted by Crippen LogP contribution is 1.91. The Morgan fingerprint density at radius 3 is 2.83 bits per heavy atom. The zero-order chi connectivity index (χ0) is 4.41. The van der Waals surface area contributed by atoms with Crippen molar-refractivity contribution in [3.8, 4) is 0 Å². The Hall–Kier alpha value is -0.530. The summed E-state index contributed by atoms with van der Waals surface area (Å²) in [4.78, 5) is 0. The zero-order valence-electron chi connectivity index (χ0n) is 3.81. The van der Waals surface area contributed by atoms with Gasteiger partial charge in [0, 0.05) is 20.0 Å². The molecule has 0 spiro atoms. The van der Waals surface area contributed by atoms with Gasteiger partial charge in [-0.3, -0.25) is 5.01 Å². The zero-order valence-corrected chi connectivity index (χ0v) is 3.81. The Balaban J connectivity index is 2.38. The average molecular weight is 83.1 g/mol. The summed E-state index contributed by atoms with van der Waals surface area (Å²) in [7, 11) is 1.94. The molecule has 2 nitrogen and oxygen atoms in total. The molecule has 6 heavy (non-hydrogen) atoms. The highest BCUT2D eigenvalue weighted by atomic mass is 15.4. The van der Waals surface area contributed by atoms with Crippen LogP contribution in [0, 0.1) is 0 Å². The molecule has 0 bridgehead atoms. The molecular formula is C4H7N2. The van der Waals surface area contributed by atoms with E-state index in [0.717, 1.165) is 13.0 Å². The Morgan fingerprint density at radius 1 is 1.83 bits per heavy atom. The molecule has 0 aromatic heterocycles. The lowest BCUT2D eigenvalue weighted by Crippen LogP contribution is -2.04. The van der Waals surface area contributed by atoms with E-state index in [1.165, 1.54) is 0 Å². The fourth-order valence-electron chi connectivity index (χ4n) is 0.433. The van der Waals surface area contributed by atoms with Crippen LogP contribution in [0.3, 0.4) is 0 Å². The van der Waals surface area contributed by atoms with Gasteiger partial charge >= 0.3 is 0 Å². The van der Waals surface area contributed by atoms with Gasteiger partial charge in [0.15, 0.2) is 0 Å². The van der Waals surface area contributed by atoms with Gasteiger partial charge in [0.1, 0.15) is 0 Å². The van der Waals surface area contributed by atoms with Crippen LogP contribution in [0.25, 0.3) is 0 Å². The molecule has 1 heterocycles. The monoisotopic (exact) mass is 83.1 g/mol. The van der Waals surface area contributed by atoms with Crippen LogP contribution < -0.4 is 0 Å². The number of rotatable bonds is 0. The van der Waals surface area contributed by atoms with Gasteiger partial charge < -0.3 is 0 Å². The summed E-state index contributed by atoms with van der Waals surface area (Å²) in [6.45, 7) is 1.04. The van der Waals surface area contributed by atoms with E-state index in [-0.39, 0.29) is 0 Å². The van der Waals surface area contributed by atoms with E-state index in [9.17, 15) is 0 Å². The number of hydrogen-bond acceptors (Lipinski definition) is 2. The normalized spacial score (nSPS) is 19.8. The smallest absolute Gasteiger partial charge is 0.0856 e. The van der Waals surface area contributed by atoms with Gasteiger partial charge in [0.25, 0.3) is 0 Å². The van der Waals surface area contributed by atoms with E-state index in [1.54, 1.807) is 0 Å². The molecule has 0 fully saturated rings. The van der Waals surface area contributed by atoms with E-state index in [0.29, 0.717) is 0 Å². The van der Waals surface area contributed by atoms with Crippen molar-refractivity contribution in [2.75, 3.05) is 13.6 Å². The topological polar surface area (TPSA) is 15.6 Å². The summed E-state index contributed by atoms with van der Waals surface area (Å²) in [6, 6.07) is 0. The van der Waals surface area contributed by atoms with Crippen LogP contribution in [0.5, 0.6) is 0 Å². The maximum absolute atomic E-state index is 3.82. The fourth-order valence-corrected chi connectivity index (χ4v) is 0.433. The minimum atomic E-state index is 0.997.